The Morgan fingerprint density at radius 2 is 2.50 bits per heavy atom. The number of hydrogen-bond donors (Lipinski definition) is 0. The zero-order chi connectivity index (χ0) is 6.81. The van der Waals surface area contributed by atoms with E-state index < -0.39 is 0 Å². The first-order valence-electron chi connectivity index (χ1n) is 3.47. The lowest BCUT2D eigenvalue weighted by molar-refractivity contribution is 0.703. The summed E-state index contributed by atoms with van der Waals surface area (Å²) in [6, 6.07) is 0.514. The van der Waals surface area contributed by atoms with E-state index in [2.05, 4.69) is 22.6 Å². The summed E-state index contributed by atoms with van der Waals surface area (Å²) >= 11 is 1.87. The van der Waals surface area contributed by atoms with E-state index in [9.17, 15) is 0 Å². The Hall–Kier alpha value is -0.500. The highest BCUT2D eigenvalue weighted by molar-refractivity contribution is 8.03. The zero-order valence-electron chi connectivity index (χ0n) is 5.60. The van der Waals surface area contributed by atoms with Crippen molar-refractivity contribution in [3.05, 3.63) is 23.6 Å². The van der Waals surface area contributed by atoms with E-state index in [0.29, 0.717) is 11.3 Å². The summed E-state index contributed by atoms with van der Waals surface area (Å²) in [7, 11) is 0. The van der Waals surface area contributed by atoms with Crippen LogP contribution >= 0.6 is 11.8 Å². The standard InChI is InChI=1S/C8H9NS/c1-4-8-7(9-5-1)3-2-6-10-8/h1-2,4-8H,3H2. The van der Waals surface area contributed by atoms with Crippen LogP contribution in [0.4, 0.5) is 0 Å². The van der Waals surface area contributed by atoms with Gasteiger partial charge in [-0.1, -0.05) is 12.2 Å². The van der Waals surface area contributed by atoms with Gasteiger partial charge in [-0.05, 0) is 17.9 Å². The van der Waals surface area contributed by atoms with E-state index in [1.807, 2.05) is 24.1 Å². The fourth-order valence-electron chi connectivity index (χ4n) is 1.20. The van der Waals surface area contributed by atoms with Gasteiger partial charge in [-0.3, -0.25) is 4.99 Å². The molecule has 2 unspecified atom stereocenters. The van der Waals surface area contributed by atoms with Crippen molar-refractivity contribution < 1.29 is 0 Å². The molecule has 2 aliphatic rings. The molecule has 0 spiro atoms. The molecule has 0 aromatic heterocycles. The first kappa shape index (κ1) is 6.23. The molecule has 2 heterocycles. The molecular formula is C8H9NS. The third-order valence-electron chi connectivity index (χ3n) is 1.75. The van der Waals surface area contributed by atoms with Crippen molar-refractivity contribution in [2.24, 2.45) is 4.99 Å². The molecule has 0 amide bonds. The predicted molar refractivity (Wildman–Crippen MR) is 46.6 cm³/mol. The third kappa shape index (κ3) is 1.03. The van der Waals surface area contributed by atoms with Crippen molar-refractivity contribution in [1.82, 2.24) is 0 Å². The molecule has 0 saturated heterocycles. The van der Waals surface area contributed by atoms with Gasteiger partial charge < -0.3 is 0 Å². The maximum absolute atomic E-state index is 4.37. The van der Waals surface area contributed by atoms with Gasteiger partial charge in [0, 0.05) is 11.5 Å². The predicted octanol–water partition coefficient (Wildman–Crippen LogP) is 2.01. The minimum atomic E-state index is 0.514. The molecule has 10 heavy (non-hydrogen) atoms. The molecule has 2 aliphatic heterocycles. The monoisotopic (exact) mass is 151 g/mol. The summed E-state index contributed by atoms with van der Waals surface area (Å²) in [6.07, 6.45) is 9.47. The average molecular weight is 151 g/mol. The Morgan fingerprint density at radius 1 is 1.50 bits per heavy atom. The largest absolute Gasteiger partial charge is 0.288 e. The van der Waals surface area contributed by atoms with E-state index in [4.69, 9.17) is 0 Å². The van der Waals surface area contributed by atoms with Crippen molar-refractivity contribution in [3.8, 4) is 0 Å². The van der Waals surface area contributed by atoms with Crippen molar-refractivity contribution in [2.75, 3.05) is 0 Å². The van der Waals surface area contributed by atoms with Crippen LogP contribution in [0.25, 0.3) is 0 Å². The molecule has 0 saturated carbocycles. The summed E-state index contributed by atoms with van der Waals surface area (Å²) in [6.45, 7) is 0. The number of allylic oxidation sites excluding steroid dienone is 1. The zero-order valence-corrected chi connectivity index (χ0v) is 6.42. The van der Waals surface area contributed by atoms with Gasteiger partial charge in [-0.25, -0.2) is 0 Å². The highest BCUT2D eigenvalue weighted by Gasteiger charge is 2.20. The van der Waals surface area contributed by atoms with E-state index in [0.717, 1.165) is 6.42 Å². The van der Waals surface area contributed by atoms with Gasteiger partial charge in [0.05, 0.1) is 6.04 Å². The molecule has 0 bridgehead atoms. The average Bonchev–Trinajstić information content (AvgIpc) is 2.05. The number of hydrogen-bond acceptors (Lipinski definition) is 2. The Labute approximate surface area is 64.9 Å². The van der Waals surface area contributed by atoms with Crippen LogP contribution in [0.1, 0.15) is 6.42 Å². The topological polar surface area (TPSA) is 12.4 Å². The first-order chi connectivity index (χ1) is 4.97. The van der Waals surface area contributed by atoms with Gasteiger partial charge in [0.1, 0.15) is 0 Å². The van der Waals surface area contributed by atoms with Crippen molar-refractivity contribution in [2.45, 2.75) is 17.7 Å². The molecule has 2 heteroatoms. The highest BCUT2D eigenvalue weighted by atomic mass is 32.2. The highest BCUT2D eigenvalue weighted by Crippen LogP contribution is 2.28. The van der Waals surface area contributed by atoms with Gasteiger partial charge in [0.25, 0.3) is 0 Å². The molecule has 0 radical (unpaired) electrons. The summed E-state index contributed by atoms with van der Waals surface area (Å²) < 4.78 is 0. The van der Waals surface area contributed by atoms with Crippen LogP contribution < -0.4 is 0 Å². The normalized spacial score (nSPS) is 36.0. The Bertz CT molecular complexity index is 183. The van der Waals surface area contributed by atoms with Crippen LogP contribution in [-0.4, -0.2) is 17.5 Å². The van der Waals surface area contributed by atoms with E-state index in [1.54, 1.807) is 0 Å². The molecule has 0 aromatic rings. The number of nitrogens with zero attached hydrogens (tertiary/aromatic N) is 1. The third-order valence-corrected chi connectivity index (χ3v) is 2.89. The van der Waals surface area contributed by atoms with Crippen LogP contribution in [-0.2, 0) is 0 Å². The van der Waals surface area contributed by atoms with Crippen LogP contribution in [0.2, 0.25) is 0 Å². The van der Waals surface area contributed by atoms with Gasteiger partial charge in [0.15, 0.2) is 0 Å². The molecule has 52 valence electrons. The first-order valence-corrected chi connectivity index (χ1v) is 4.41. The Morgan fingerprint density at radius 3 is 3.40 bits per heavy atom. The molecule has 1 nitrogen and oxygen atoms in total. The number of fused-ring (bicyclic) bond motifs is 1. The Kier molecular flexibility index (Phi) is 1.63. The second-order valence-electron chi connectivity index (χ2n) is 2.46. The van der Waals surface area contributed by atoms with Crippen LogP contribution in [0.3, 0.4) is 0 Å². The summed E-state index contributed by atoms with van der Waals surface area (Å²) in [5.74, 6) is 0. The summed E-state index contributed by atoms with van der Waals surface area (Å²) in [5.41, 5.74) is 0. The lowest BCUT2D eigenvalue weighted by atomic mass is 10.1. The number of aliphatic imine (C=N–C) groups is 1. The molecule has 2 atom stereocenters. The molecule has 0 aromatic carbocycles. The SMILES string of the molecule is C1=CC2SC=CCC2N=C1. The summed E-state index contributed by atoms with van der Waals surface area (Å²) in [5, 5.41) is 2.78. The van der Waals surface area contributed by atoms with Crippen LogP contribution in [0.15, 0.2) is 28.6 Å². The lowest BCUT2D eigenvalue weighted by Gasteiger charge is -2.23. The Balaban J connectivity index is 2.19. The molecule has 0 N–H and O–H groups in total. The quantitative estimate of drug-likeness (QED) is 0.516. The maximum atomic E-state index is 4.37. The number of thioether (sulfide) groups is 1. The minimum Gasteiger partial charge on any atom is -0.288 e. The second-order valence-corrected chi connectivity index (χ2v) is 3.55. The van der Waals surface area contributed by atoms with E-state index in [-0.39, 0.29) is 0 Å². The van der Waals surface area contributed by atoms with E-state index in [1.165, 1.54) is 0 Å². The molecule has 0 aliphatic carbocycles. The maximum Gasteiger partial charge on any atom is 0.0691 e. The molecule has 0 fully saturated rings. The van der Waals surface area contributed by atoms with Crippen LogP contribution in [0, 0.1) is 0 Å². The number of dihydropyridines is 1. The lowest BCUT2D eigenvalue weighted by Crippen LogP contribution is -2.22. The smallest absolute Gasteiger partial charge is 0.0691 e. The fraction of sp³-hybridized carbons (Fsp3) is 0.375. The van der Waals surface area contributed by atoms with Crippen molar-refractivity contribution in [1.29, 1.82) is 0 Å². The van der Waals surface area contributed by atoms with Gasteiger partial charge in [-0.15, -0.1) is 11.8 Å². The second kappa shape index (κ2) is 2.62. The van der Waals surface area contributed by atoms with Crippen LogP contribution in [0.5, 0.6) is 0 Å². The summed E-state index contributed by atoms with van der Waals surface area (Å²) in [4.78, 5) is 4.37. The van der Waals surface area contributed by atoms with E-state index >= 15 is 0 Å². The van der Waals surface area contributed by atoms with Gasteiger partial charge in [0.2, 0.25) is 0 Å². The fourth-order valence-corrected chi connectivity index (χ4v) is 2.15. The van der Waals surface area contributed by atoms with Crippen molar-refractivity contribution in [3.63, 3.8) is 0 Å². The van der Waals surface area contributed by atoms with Gasteiger partial charge in [-0.2, -0.15) is 0 Å². The molecule has 2 rings (SSSR count). The van der Waals surface area contributed by atoms with Gasteiger partial charge >= 0.3 is 0 Å². The minimum absolute atomic E-state index is 0.514. The van der Waals surface area contributed by atoms with Crippen molar-refractivity contribution >= 4 is 18.0 Å². The number of rotatable bonds is 0. The molecular weight excluding hydrogens is 142 g/mol.